The molecule has 0 saturated carbocycles. The average molecular weight is 249 g/mol. The fourth-order valence-electron chi connectivity index (χ4n) is 2.59. The minimum Gasteiger partial charge on any atom is -0.397 e. The van der Waals surface area contributed by atoms with Crippen LogP contribution in [0.4, 0.5) is 11.5 Å². The Morgan fingerprint density at radius 3 is 2.56 bits per heavy atom. The highest BCUT2D eigenvalue weighted by Gasteiger charge is 2.39. The Kier molecular flexibility index (Phi) is 2.87. The Morgan fingerprint density at radius 2 is 1.94 bits per heavy atom. The summed E-state index contributed by atoms with van der Waals surface area (Å²) in [7, 11) is 0. The monoisotopic (exact) mass is 249 g/mol. The zero-order valence-electron chi connectivity index (χ0n) is 10.7. The molecular weight excluding hydrogens is 230 g/mol. The summed E-state index contributed by atoms with van der Waals surface area (Å²) in [5.74, 6) is 0.675. The second-order valence-corrected chi connectivity index (χ2v) is 4.99. The zero-order valence-corrected chi connectivity index (χ0v) is 10.7. The fourth-order valence-corrected chi connectivity index (χ4v) is 2.59. The number of rotatable bonds is 1. The number of aryl methyl sites for hydroxylation is 1. The molecular formula is C13H19N3O2. The van der Waals surface area contributed by atoms with Gasteiger partial charge in [-0.25, -0.2) is 4.98 Å². The van der Waals surface area contributed by atoms with Crippen LogP contribution < -0.4 is 10.6 Å². The number of ether oxygens (including phenoxy) is 2. The van der Waals surface area contributed by atoms with Crippen molar-refractivity contribution < 1.29 is 9.47 Å². The number of aromatic nitrogens is 1. The van der Waals surface area contributed by atoms with Crippen molar-refractivity contribution in [2.24, 2.45) is 0 Å². The molecule has 0 aliphatic carbocycles. The van der Waals surface area contributed by atoms with Gasteiger partial charge in [-0.15, -0.1) is 0 Å². The molecule has 2 aliphatic rings. The summed E-state index contributed by atoms with van der Waals surface area (Å²) in [6.45, 7) is 5.28. The predicted molar refractivity (Wildman–Crippen MR) is 69.5 cm³/mol. The number of nitrogen functional groups attached to an aromatic ring is 1. The third-order valence-corrected chi connectivity index (χ3v) is 3.80. The molecule has 3 heterocycles. The van der Waals surface area contributed by atoms with Gasteiger partial charge >= 0.3 is 0 Å². The number of piperidine rings is 1. The lowest BCUT2D eigenvalue weighted by atomic mass is 10.0. The number of nitrogens with two attached hydrogens (primary N) is 1. The summed E-state index contributed by atoms with van der Waals surface area (Å²) in [6.07, 6.45) is 3.54. The zero-order chi connectivity index (χ0) is 12.6. The summed E-state index contributed by atoms with van der Waals surface area (Å²) < 4.78 is 11.4. The van der Waals surface area contributed by atoms with Crippen molar-refractivity contribution in [3.8, 4) is 0 Å². The van der Waals surface area contributed by atoms with Gasteiger partial charge in [0.25, 0.3) is 0 Å². The van der Waals surface area contributed by atoms with Gasteiger partial charge in [-0.1, -0.05) is 0 Å². The number of nitrogens with zero attached hydrogens (tertiary/aromatic N) is 2. The minimum atomic E-state index is -0.320. The summed E-state index contributed by atoms with van der Waals surface area (Å²) in [5.41, 5.74) is 7.61. The van der Waals surface area contributed by atoms with E-state index in [1.165, 1.54) is 0 Å². The maximum Gasteiger partial charge on any atom is 0.171 e. The van der Waals surface area contributed by atoms with E-state index in [1.54, 1.807) is 6.20 Å². The number of hydrogen-bond acceptors (Lipinski definition) is 5. The quantitative estimate of drug-likeness (QED) is 0.813. The van der Waals surface area contributed by atoms with Crippen molar-refractivity contribution in [1.29, 1.82) is 0 Å². The SMILES string of the molecule is Cc1cc(N2CCC3(CC2)OCCO3)ncc1N. The molecule has 1 spiro atoms. The van der Waals surface area contributed by atoms with Crippen LogP contribution in [-0.4, -0.2) is 37.1 Å². The molecule has 18 heavy (non-hydrogen) atoms. The topological polar surface area (TPSA) is 60.6 Å². The smallest absolute Gasteiger partial charge is 0.171 e. The molecule has 0 aromatic carbocycles. The van der Waals surface area contributed by atoms with E-state index >= 15 is 0 Å². The molecule has 5 heteroatoms. The van der Waals surface area contributed by atoms with E-state index in [0.717, 1.165) is 56.2 Å². The van der Waals surface area contributed by atoms with Gasteiger partial charge in [0.2, 0.25) is 0 Å². The Balaban J connectivity index is 1.70. The first kappa shape index (κ1) is 11.7. The van der Waals surface area contributed by atoms with Crippen molar-refractivity contribution in [2.75, 3.05) is 36.9 Å². The maximum absolute atomic E-state index is 5.79. The Morgan fingerprint density at radius 1 is 1.28 bits per heavy atom. The molecule has 3 rings (SSSR count). The Labute approximate surface area is 107 Å². The van der Waals surface area contributed by atoms with E-state index < -0.39 is 0 Å². The molecule has 0 atom stereocenters. The first-order chi connectivity index (χ1) is 8.69. The maximum atomic E-state index is 5.79. The first-order valence-electron chi connectivity index (χ1n) is 6.44. The molecule has 2 fully saturated rings. The van der Waals surface area contributed by atoms with Gasteiger partial charge in [-0.3, -0.25) is 0 Å². The molecule has 1 aromatic rings. The van der Waals surface area contributed by atoms with Gasteiger partial charge in [-0.2, -0.15) is 0 Å². The highest BCUT2D eigenvalue weighted by Crippen LogP contribution is 2.33. The van der Waals surface area contributed by atoms with Gasteiger partial charge in [0, 0.05) is 25.9 Å². The molecule has 0 radical (unpaired) electrons. The van der Waals surface area contributed by atoms with Gasteiger partial charge in [0.1, 0.15) is 5.82 Å². The molecule has 2 N–H and O–H groups in total. The van der Waals surface area contributed by atoms with Gasteiger partial charge < -0.3 is 20.1 Å². The van der Waals surface area contributed by atoms with E-state index in [1.807, 2.05) is 13.0 Å². The lowest BCUT2D eigenvalue weighted by Crippen LogP contribution is -2.45. The van der Waals surface area contributed by atoms with Crippen LogP contribution in [0.3, 0.4) is 0 Å². The molecule has 0 amide bonds. The van der Waals surface area contributed by atoms with Crippen LogP contribution in [0.5, 0.6) is 0 Å². The average Bonchev–Trinajstić information content (AvgIpc) is 2.82. The van der Waals surface area contributed by atoms with Crippen molar-refractivity contribution in [2.45, 2.75) is 25.6 Å². The summed E-state index contributed by atoms with van der Waals surface area (Å²) in [4.78, 5) is 6.66. The molecule has 5 nitrogen and oxygen atoms in total. The second-order valence-electron chi connectivity index (χ2n) is 4.99. The van der Waals surface area contributed by atoms with Crippen molar-refractivity contribution in [3.05, 3.63) is 17.8 Å². The van der Waals surface area contributed by atoms with Crippen LogP contribution in [0.2, 0.25) is 0 Å². The fraction of sp³-hybridized carbons (Fsp3) is 0.615. The number of hydrogen-bond donors (Lipinski definition) is 1. The predicted octanol–water partition coefficient (Wildman–Crippen LogP) is 1.32. The molecule has 1 aromatic heterocycles. The number of anilines is 2. The van der Waals surface area contributed by atoms with E-state index in [0.29, 0.717) is 0 Å². The third kappa shape index (κ3) is 2.04. The van der Waals surface area contributed by atoms with E-state index in [-0.39, 0.29) is 5.79 Å². The Bertz CT molecular complexity index is 434. The molecule has 2 aliphatic heterocycles. The first-order valence-corrected chi connectivity index (χ1v) is 6.44. The van der Waals surface area contributed by atoms with Crippen LogP contribution in [0.1, 0.15) is 18.4 Å². The van der Waals surface area contributed by atoms with Crippen molar-refractivity contribution in [1.82, 2.24) is 4.98 Å². The lowest BCUT2D eigenvalue weighted by molar-refractivity contribution is -0.169. The number of pyridine rings is 1. The standard InChI is InChI=1S/C13H19N3O2/c1-10-8-12(15-9-11(10)14)16-4-2-13(3-5-16)17-6-7-18-13/h8-9H,2-7,14H2,1H3. The van der Waals surface area contributed by atoms with Crippen molar-refractivity contribution >= 4 is 11.5 Å². The summed E-state index contributed by atoms with van der Waals surface area (Å²) >= 11 is 0. The molecule has 0 bridgehead atoms. The van der Waals surface area contributed by atoms with E-state index in [4.69, 9.17) is 15.2 Å². The third-order valence-electron chi connectivity index (χ3n) is 3.80. The van der Waals surface area contributed by atoms with Crippen LogP contribution in [-0.2, 0) is 9.47 Å². The van der Waals surface area contributed by atoms with Gasteiger partial charge in [0.05, 0.1) is 25.1 Å². The van der Waals surface area contributed by atoms with Crippen LogP contribution in [0.15, 0.2) is 12.3 Å². The molecule has 0 unspecified atom stereocenters. The van der Waals surface area contributed by atoms with Crippen LogP contribution in [0, 0.1) is 6.92 Å². The summed E-state index contributed by atoms with van der Waals surface area (Å²) in [5, 5.41) is 0. The highest BCUT2D eigenvalue weighted by molar-refractivity contribution is 5.52. The van der Waals surface area contributed by atoms with Crippen molar-refractivity contribution in [3.63, 3.8) is 0 Å². The Hall–Kier alpha value is -1.33. The van der Waals surface area contributed by atoms with Gasteiger partial charge in [-0.05, 0) is 18.6 Å². The van der Waals surface area contributed by atoms with E-state index in [9.17, 15) is 0 Å². The molecule has 2 saturated heterocycles. The minimum absolute atomic E-state index is 0.320. The van der Waals surface area contributed by atoms with Gasteiger partial charge in [0.15, 0.2) is 5.79 Å². The summed E-state index contributed by atoms with van der Waals surface area (Å²) in [6, 6.07) is 2.05. The largest absolute Gasteiger partial charge is 0.397 e. The normalized spacial score (nSPS) is 22.6. The van der Waals surface area contributed by atoms with Crippen LogP contribution in [0.25, 0.3) is 0 Å². The highest BCUT2D eigenvalue weighted by atomic mass is 16.7. The van der Waals surface area contributed by atoms with Crippen LogP contribution >= 0.6 is 0 Å². The lowest BCUT2D eigenvalue weighted by Gasteiger charge is -2.38. The second kappa shape index (κ2) is 4.40. The van der Waals surface area contributed by atoms with E-state index in [2.05, 4.69) is 9.88 Å². The molecule has 98 valence electrons.